The van der Waals surface area contributed by atoms with Gasteiger partial charge in [-0.2, -0.15) is 0 Å². The molecule has 108 valence electrons. The Morgan fingerprint density at radius 2 is 1.90 bits per heavy atom. The van der Waals surface area contributed by atoms with E-state index in [1.807, 2.05) is 30.6 Å². The number of aryl methyl sites for hydroxylation is 1. The number of ether oxygens (including phenoxy) is 2. The number of benzene rings is 1. The topological polar surface area (TPSA) is 57.4 Å². The van der Waals surface area contributed by atoms with Crippen molar-refractivity contribution >= 4 is 17.0 Å². The van der Waals surface area contributed by atoms with Gasteiger partial charge in [-0.15, -0.1) is 11.3 Å². The Bertz CT molecular complexity index is 555. The number of nitrogens with zero attached hydrogens (tertiary/aromatic N) is 1. The largest absolute Gasteiger partial charge is 0.491 e. The van der Waals surface area contributed by atoms with Crippen molar-refractivity contribution in [3.63, 3.8) is 0 Å². The van der Waals surface area contributed by atoms with Crippen LogP contribution in [-0.2, 0) is 6.42 Å². The molecule has 0 unspecified atom stereocenters. The predicted molar refractivity (Wildman–Crippen MR) is 82.7 cm³/mol. The summed E-state index contributed by atoms with van der Waals surface area (Å²) in [5.41, 5.74) is 9.56. The van der Waals surface area contributed by atoms with Gasteiger partial charge in [-0.3, -0.25) is 0 Å². The minimum absolute atomic E-state index is 0.571. The van der Waals surface area contributed by atoms with E-state index in [4.69, 9.17) is 15.2 Å². The summed E-state index contributed by atoms with van der Waals surface area (Å²) in [5.74, 6) is 1.37. The molecule has 0 spiro atoms. The Morgan fingerprint density at radius 1 is 1.20 bits per heavy atom. The summed E-state index contributed by atoms with van der Waals surface area (Å²) in [6, 6.07) is 5.63. The van der Waals surface area contributed by atoms with Gasteiger partial charge in [-0.1, -0.05) is 13.0 Å². The zero-order valence-corrected chi connectivity index (χ0v) is 12.7. The minimum Gasteiger partial charge on any atom is -0.491 e. The summed E-state index contributed by atoms with van der Waals surface area (Å²) in [6.07, 6.45) is 1.80. The van der Waals surface area contributed by atoms with Gasteiger partial charge in [0.25, 0.3) is 0 Å². The first-order valence-corrected chi connectivity index (χ1v) is 7.63. The number of aromatic nitrogens is 1. The molecule has 1 heterocycles. The van der Waals surface area contributed by atoms with Crippen LogP contribution in [0.15, 0.2) is 23.7 Å². The fraction of sp³-hybridized carbons (Fsp3) is 0.400. The first-order chi connectivity index (χ1) is 9.72. The van der Waals surface area contributed by atoms with E-state index in [-0.39, 0.29) is 0 Å². The number of hydrogen-bond donors (Lipinski definition) is 1. The first kappa shape index (κ1) is 14.7. The third-order valence-corrected chi connectivity index (χ3v) is 3.91. The highest BCUT2D eigenvalue weighted by atomic mass is 32.1. The second kappa shape index (κ2) is 7.14. The molecule has 2 aromatic rings. The van der Waals surface area contributed by atoms with Crippen molar-refractivity contribution in [1.29, 1.82) is 0 Å². The second-order valence-corrected chi connectivity index (χ2v) is 5.42. The van der Waals surface area contributed by atoms with E-state index in [2.05, 4.69) is 11.9 Å². The molecule has 2 rings (SSSR count). The Hall–Kier alpha value is -1.75. The van der Waals surface area contributed by atoms with E-state index in [1.54, 1.807) is 11.3 Å². The van der Waals surface area contributed by atoms with Crippen molar-refractivity contribution in [3.8, 4) is 11.5 Å². The highest BCUT2D eigenvalue weighted by Gasteiger charge is 2.08. The molecule has 0 radical (unpaired) electrons. The summed E-state index contributed by atoms with van der Waals surface area (Å²) in [5, 5.41) is 0. The van der Waals surface area contributed by atoms with Crippen LogP contribution in [0.25, 0.3) is 0 Å². The highest BCUT2D eigenvalue weighted by Crippen LogP contribution is 2.31. The fourth-order valence-corrected chi connectivity index (χ4v) is 2.57. The maximum atomic E-state index is 6.05. The lowest BCUT2D eigenvalue weighted by atomic mass is 10.2. The summed E-state index contributed by atoms with van der Waals surface area (Å²) in [6.45, 7) is 5.32. The molecule has 1 aromatic heterocycles. The van der Waals surface area contributed by atoms with Gasteiger partial charge in [0.15, 0.2) is 0 Å². The van der Waals surface area contributed by atoms with Crippen molar-refractivity contribution in [2.24, 2.45) is 0 Å². The molecule has 0 saturated carbocycles. The van der Waals surface area contributed by atoms with E-state index in [9.17, 15) is 0 Å². The molecule has 0 aliphatic carbocycles. The Balaban J connectivity index is 1.94. The van der Waals surface area contributed by atoms with Crippen LogP contribution < -0.4 is 15.2 Å². The van der Waals surface area contributed by atoms with E-state index < -0.39 is 0 Å². The summed E-state index contributed by atoms with van der Waals surface area (Å²) in [4.78, 5) is 5.48. The van der Waals surface area contributed by atoms with Crippen LogP contribution in [0.5, 0.6) is 11.5 Å². The fourth-order valence-electron chi connectivity index (χ4n) is 1.81. The average Bonchev–Trinajstić information content (AvgIpc) is 2.85. The van der Waals surface area contributed by atoms with Gasteiger partial charge >= 0.3 is 0 Å². The van der Waals surface area contributed by atoms with Crippen LogP contribution in [-0.4, -0.2) is 18.2 Å². The quantitative estimate of drug-likeness (QED) is 0.794. The SMILES string of the molecule is CCCOc1cccc(OCCc2scnc2C)c1N. The van der Waals surface area contributed by atoms with Gasteiger partial charge in [0.2, 0.25) is 0 Å². The summed E-state index contributed by atoms with van der Waals surface area (Å²) < 4.78 is 11.3. The van der Waals surface area contributed by atoms with Crippen LogP contribution in [0.3, 0.4) is 0 Å². The van der Waals surface area contributed by atoms with Crippen LogP contribution in [0.1, 0.15) is 23.9 Å². The lowest BCUT2D eigenvalue weighted by molar-refractivity contribution is 0.307. The van der Waals surface area contributed by atoms with Gasteiger partial charge in [0.05, 0.1) is 24.4 Å². The molecule has 2 N–H and O–H groups in total. The Morgan fingerprint density at radius 3 is 2.50 bits per heavy atom. The minimum atomic E-state index is 0.571. The van der Waals surface area contributed by atoms with Crippen molar-refractivity contribution in [2.45, 2.75) is 26.7 Å². The second-order valence-electron chi connectivity index (χ2n) is 4.48. The molecule has 0 aliphatic rings. The van der Waals surface area contributed by atoms with E-state index >= 15 is 0 Å². The van der Waals surface area contributed by atoms with Gasteiger partial charge < -0.3 is 15.2 Å². The van der Waals surface area contributed by atoms with E-state index in [0.717, 1.165) is 18.5 Å². The highest BCUT2D eigenvalue weighted by molar-refractivity contribution is 7.09. The number of nitrogens with two attached hydrogens (primary N) is 1. The van der Waals surface area contributed by atoms with Gasteiger partial charge in [-0.05, 0) is 25.5 Å². The standard InChI is InChI=1S/C15H20N2O2S/c1-3-8-18-12-5-4-6-13(15(12)16)19-9-7-14-11(2)17-10-20-14/h4-6,10H,3,7-9,16H2,1-2H3. The average molecular weight is 292 g/mol. The van der Waals surface area contributed by atoms with Gasteiger partial charge in [-0.25, -0.2) is 4.98 Å². The third kappa shape index (κ3) is 3.63. The van der Waals surface area contributed by atoms with Crippen molar-refractivity contribution < 1.29 is 9.47 Å². The van der Waals surface area contributed by atoms with Crippen LogP contribution in [0.4, 0.5) is 5.69 Å². The number of para-hydroxylation sites is 1. The van der Waals surface area contributed by atoms with Crippen molar-refractivity contribution in [1.82, 2.24) is 4.98 Å². The van der Waals surface area contributed by atoms with Crippen molar-refractivity contribution in [2.75, 3.05) is 18.9 Å². The maximum absolute atomic E-state index is 6.05. The first-order valence-electron chi connectivity index (χ1n) is 6.75. The molecule has 0 aliphatic heterocycles. The van der Waals surface area contributed by atoms with Crippen molar-refractivity contribution in [3.05, 3.63) is 34.3 Å². The molecule has 0 atom stereocenters. The van der Waals surface area contributed by atoms with E-state index in [1.165, 1.54) is 4.88 Å². The smallest absolute Gasteiger partial charge is 0.146 e. The Kier molecular flexibility index (Phi) is 5.24. The molecule has 4 nitrogen and oxygen atoms in total. The molecule has 1 aromatic carbocycles. The molecular weight excluding hydrogens is 272 g/mol. The number of thiazole rings is 1. The summed E-state index contributed by atoms with van der Waals surface area (Å²) in [7, 11) is 0. The summed E-state index contributed by atoms with van der Waals surface area (Å²) >= 11 is 1.66. The zero-order chi connectivity index (χ0) is 14.4. The molecular formula is C15H20N2O2S. The van der Waals surface area contributed by atoms with Gasteiger partial charge in [0, 0.05) is 11.3 Å². The number of hydrogen-bond acceptors (Lipinski definition) is 5. The normalized spacial score (nSPS) is 10.5. The monoisotopic (exact) mass is 292 g/mol. The number of anilines is 1. The van der Waals surface area contributed by atoms with Gasteiger partial charge in [0.1, 0.15) is 17.2 Å². The number of nitrogen functional groups attached to an aromatic ring is 1. The molecule has 0 saturated heterocycles. The molecule has 20 heavy (non-hydrogen) atoms. The molecule has 0 fully saturated rings. The third-order valence-electron chi connectivity index (χ3n) is 2.92. The van der Waals surface area contributed by atoms with E-state index in [0.29, 0.717) is 30.4 Å². The lowest BCUT2D eigenvalue weighted by Gasteiger charge is -2.12. The number of rotatable bonds is 7. The Labute approximate surface area is 123 Å². The maximum Gasteiger partial charge on any atom is 0.146 e. The molecule has 5 heteroatoms. The predicted octanol–water partition coefficient (Wildman–Crippen LogP) is 3.44. The van der Waals surface area contributed by atoms with Crippen LogP contribution >= 0.6 is 11.3 Å². The zero-order valence-electron chi connectivity index (χ0n) is 11.9. The molecule has 0 amide bonds. The van der Waals surface area contributed by atoms with Crippen LogP contribution in [0.2, 0.25) is 0 Å². The van der Waals surface area contributed by atoms with Crippen LogP contribution in [0, 0.1) is 6.92 Å². The lowest BCUT2D eigenvalue weighted by Crippen LogP contribution is -2.05. The molecule has 0 bridgehead atoms.